The molecule has 0 aromatic carbocycles. The molecular weight excluding hydrogens is 254 g/mol. The van der Waals surface area contributed by atoms with Crippen LogP contribution in [0.15, 0.2) is 6.20 Å². The van der Waals surface area contributed by atoms with Crippen LogP contribution in [-0.2, 0) is 0 Å². The van der Waals surface area contributed by atoms with Crippen molar-refractivity contribution in [2.75, 3.05) is 18.0 Å². The number of anilines is 1. The van der Waals surface area contributed by atoms with Gasteiger partial charge in [0.2, 0.25) is 0 Å². The highest BCUT2D eigenvalue weighted by Crippen LogP contribution is 2.21. The van der Waals surface area contributed by atoms with Gasteiger partial charge in [0.1, 0.15) is 5.82 Å². The summed E-state index contributed by atoms with van der Waals surface area (Å²) < 4.78 is 0. The van der Waals surface area contributed by atoms with Crippen molar-refractivity contribution in [3.63, 3.8) is 0 Å². The van der Waals surface area contributed by atoms with E-state index in [1.54, 1.807) is 0 Å². The lowest BCUT2D eigenvalue weighted by atomic mass is 10.1. The van der Waals surface area contributed by atoms with Crippen LogP contribution in [0, 0.1) is 13.8 Å². The van der Waals surface area contributed by atoms with Gasteiger partial charge in [-0.2, -0.15) is 0 Å². The zero-order chi connectivity index (χ0) is 10.8. The molecule has 1 aromatic rings. The smallest absolute Gasteiger partial charge is 0.147 e. The van der Waals surface area contributed by atoms with Crippen LogP contribution >= 0.6 is 15.9 Å². The van der Waals surface area contributed by atoms with E-state index < -0.39 is 0 Å². The molecule has 0 aliphatic carbocycles. The highest BCUT2D eigenvalue weighted by Gasteiger charge is 2.18. The first-order chi connectivity index (χ1) is 7.16. The van der Waals surface area contributed by atoms with Gasteiger partial charge in [-0.05, 0) is 26.7 Å². The third kappa shape index (κ3) is 2.48. The number of hydrogen-bond donors (Lipinski definition) is 0. The topological polar surface area (TPSA) is 29.0 Å². The Hall–Kier alpha value is -0.640. The average Bonchev–Trinajstić information content (AvgIpc) is 2.22. The van der Waals surface area contributed by atoms with E-state index in [1.165, 1.54) is 12.8 Å². The van der Waals surface area contributed by atoms with Gasteiger partial charge in [0, 0.05) is 17.9 Å². The van der Waals surface area contributed by atoms with E-state index in [-0.39, 0.29) is 0 Å². The maximum absolute atomic E-state index is 4.57. The molecule has 0 N–H and O–H groups in total. The summed E-state index contributed by atoms with van der Waals surface area (Å²) in [7, 11) is 0. The van der Waals surface area contributed by atoms with Crippen molar-refractivity contribution in [1.29, 1.82) is 0 Å². The summed E-state index contributed by atoms with van der Waals surface area (Å²) in [6.45, 7) is 6.15. The molecule has 0 saturated carbocycles. The first-order valence-corrected chi connectivity index (χ1v) is 6.27. The van der Waals surface area contributed by atoms with Crippen molar-refractivity contribution >= 4 is 21.7 Å². The van der Waals surface area contributed by atoms with Crippen LogP contribution in [0.4, 0.5) is 5.82 Å². The van der Waals surface area contributed by atoms with Crippen molar-refractivity contribution in [3.05, 3.63) is 17.6 Å². The van der Waals surface area contributed by atoms with Gasteiger partial charge >= 0.3 is 0 Å². The predicted octanol–water partition coefficient (Wildman–Crippen LogP) is 2.46. The number of aryl methyl sites for hydroxylation is 2. The molecule has 1 saturated heterocycles. The second-order valence-electron chi connectivity index (χ2n) is 4.08. The van der Waals surface area contributed by atoms with Crippen molar-refractivity contribution in [2.24, 2.45) is 0 Å². The zero-order valence-electron chi connectivity index (χ0n) is 9.20. The standard InChI is InChI=1S/C11H16BrN3/c1-8-9(2)14-11(6-13-8)15-5-3-4-10(12)7-15/h6,10H,3-5,7H2,1-2H3. The maximum Gasteiger partial charge on any atom is 0.147 e. The van der Waals surface area contributed by atoms with Gasteiger partial charge in [-0.1, -0.05) is 15.9 Å². The maximum atomic E-state index is 4.57. The van der Waals surface area contributed by atoms with Crippen molar-refractivity contribution in [2.45, 2.75) is 31.5 Å². The summed E-state index contributed by atoms with van der Waals surface area (Å²) in [6.07, 6.45) is 4.37. The van der Waals surface area contributed by atoms with Crippen LogP contribution in [-0.4, -0.2) is 27.9 Å². The van der Waals surface area contributed by atoms with E-state index in [4.69, 9.17) is 0 Å². The lowest BCUT2D eigenvalue weighted by Crippen LogP contribution is -2.36. The molecule has 0 bridgehead atoms. The highest BCUT2D eigenvalue weighted by atomic mass is 79.9. The molecule has 1 aromatic heterocycles. The summed E-state index contributed by atoms with van der Waals surface area (Å²) in [5, 5.41) is 0. The molecule has 2 heterocycles. The Kier molecular flexibility index (Phi) is 3.24. The van der Waals surface area contributed by atoms with Crippen LogP contribution in [0.25, 0.3) is 0 Å². The first kappa shape index (κ1) is 10.9. The quantitative estimate of drug-likeness (QED) is 0.734. The molecule has 0 spiro atoms. The molecule has 1 unspecified atom stereocenters. The predicted molar refractivity (Wildman–Crippen MR) is 65.7 cm³/mol. The molecule has 0 amide bonds. The van der Waals surface area contributed by atoms with Crippen LogP contribution in [0.2, 0.25) is 0 Å². The Bertz CT molecular complexity index is 354. The van der Waals surface area contributed by atoms with E-state index in [0.717, 1.165) is 30.3 Å². The number of halogens is 1. The number of piperidine rings is 1. The van der Waals surface area contributed by atoms with Crippen LogP contribution in [0.3, 0.4) is 0 Å². The molecule has 1 fully saturated rings. The fraction of sp³-hybridized carbons (Fsp3) is 0.636. The largest absolute Gasteiger partial charge is 0.354 e. The lowest BCUT2D eigenvalue weighted by molar-refractivity contribution is 0.589. The average molecular weight is 270 g/mol. The lowest BCUT2D eigenvalue weighted by Gasteiger charge is -2.30. The van der Waals surface area contributed by atoms with Gasteiger partial charge in [-0.15, -0.1) is 0 Å². The second kappa shape index (κ2) is 4.47. The molecule has 1 atom stereocenters. The van der Waals surface area contributed by atoms with Crippen LogP contribution < -0.4 is 4.90 Å². The number of nitrogens with zero attached hydrogens (tertiary/aromatic N) is 3. The molecule has 1 aliphatic rings. The Morgan fingerprint density at radius 2 is 2.20 bits per heavy atom. The zero-order valence-corrected chi connectivity index (χ0v) is 10.8. The monoisotopic (exact) mass is 269 g/mol. The first-order valence-electron chi connectivity index (χ1n) is 5.36. The minimum atomic E-state index is 0.592. The number of rotatable bonds is 1. The van der Waals surface area contributed by atoms with Crippen LogP contribution in [0.1, 0.15) is 24.2 Å². The minimum Gasteiger partial charge on any atom is -0.354 e. The molecule has 2 rings (SSSR count). The van der Waals surface area contributed by atoms with Crippen molar-refractivity contribution in [3.8, 4) is 0 Å². The minimum absolute atomic E-state index is 0.592. The van der Waals surface area contributed by atoms with Gasteiger partial charge in [0.25, 0.3) is 0 Å². The summed E-state index contributed by atoms with van der Waals surface area (Å²) in [6, 6.07) is 0. The third-order valence-electron chi connectivity index (χ3n) is 2.87. The van der Waals surface area contributed by atoms with Gasteiger partial charge in [0.15, 0.2) is 0 Å². The van der Waals surface area contributed by atoms with Gasteiger partial charge in [-0.3, -0.25) is 4.98 Å². The van der Waals surface area contributed by atoms with E-state index in [0.29, 0.717) is 4.83 Å². The molecule has 82 valence electrons. The SMILES string of the molecule is Cc1ncc(N2CCCC(Br)C2)nc1C. The van der Waals surface area contributed by atoms with E-state index >= 15 is 0 Å². The number of alkyl halides is 1. The van der Waals surface area contributed by atoms with E-state index in [1.807, 2.05) is 20.0 Å². The molecule has 3 nitrogen and oxygen atoms in total. The van der Waals surface area contributed by atoms with Crippen molar-refractivity contribution < 1.29 is 0 Å². The molecular formula is C11H16BrN3. The van der Waals surface area contributed by atoms with E-state index in [2.05, 4.69) is 30.8 Å². The highest BCUT2D eigenvalue weighted by molar-refractivity contribution is 9.09. The Morgan fingerprint density at radius 3 is 2.87 bits per heavy atom. The Balaban J connectivity index is 2.18. The van der Waals surface area contributed by atoms with Crippen LogP contribution in [0.5, 0.6) is 0 Å². The Labute approximate surface area is 99.0 Å². The van der Waals surface area contributed by atoms with Gasteiger partial charge < -0.3 is 4.90 Å². The summed E-state index contributed by atoms with van der Waals surface area (Å²) in [5.74, 6) is 1.02. The normalized spacial score (nSPS) is 21.8. The third-order valence-corrected chi connectivity index (χ3v) is 3.61. The fourth-order valence-corrected chi connectivity index (χ4v) is 2.49. The summed E-state index contributed by atoms with van der Waals surface area (Å²) in [5.41, 5.74) is 2.05. The second-order valence-corrected chi connectivity index (χ2v) is 5.38. The number of aromatic nitrogens is 2. The van der Waals surface area contributed by atoms with E-state index in [9.17, 15) is 0 Å². The molecule has 15 heavy (non-hydrogen) atoms. The molecule has 0 radical (unpaired) electrons. The molecule has 4 heteroatoms. The summed E-state index contributed by atoms with van der Waals surface area (Å²) in [4.78, 5) is 11.8. The summed E-state index contributed by atoms with van der Waals surface area (Å²) >= 11 is 3.67. The van der Waals surface area contributed by atoms with Crippen molar-refractivity contribution in [1.82, 2.24) is 9.97 Å². The fourth-order valence-electron chi connectivity index (χ4n) is 1.82. The molecule has 1 aliphatic heterocycles. The van der Waals surface area contributed by atoms with Gasteiger partial charge in [0.05, 0.1) is 17.6 Å². The Morgan fingerprint density at radius 1 is 1.40 bits per heavy atom. The number of hydrogen-bond acceptors (Lipinski definition) is 3. The van der Waals surface area contributed by atoms with Gasteiger partial charge in [-0.25, -0.2) is 4.98 Å².